The van der Waals surface area contributed by atoms with E-state index in [0.29, 0.717) is 0 Å². The van der Waals surface area contributed by atoms with Crippen LogP contribution in [-0.4, -0.2) is 24.5 Å². The van der Waals surface area contributed by atoms with Gasteiger partial charge in [-0.3, -0.25) is 4.79 Å². The quantitative estimate of drug-likeness (QED) is 0.433. The number of aliphatic imine (C=N–C) groups is 1. The molecule has 0 atom stereocenters. The van der Waals surface area contributed by atoms with Gasteiger partial charge in [0.25, 0.3) is 0 Å². The van der Waals surface area contributed by atoms with E-state index in [0.717, 1.165) is 9.26 Å². The lowest BCUT2D eigenvalue weighted by molar-refractivity contribution is -0.114. The average molecular weight is 360 g/mol. The third kappa shape index (κ3) is 5.85. The van der Waals surface area contributed by atoms with Crippen molar-refractivity contribution in [3.8, 4) is 0 Å². The monoisotopic (exact) mass is 360 g/mol. The molecule has 0 aromatic heterocycles. The first kappa shape index (κ1) is 14.7. The van der Waals surface area contributed by atoms with Crippen molar-refractivity contribution >= 4 is 40.1 Å². The number of halogens is 1. The molecule has 0 aliphatic carbocycles. The van der Waals surface area contributed by atoms with E-state index in [-0.39, 0.29) is 24.5 Å². The largest absolute Gasteiger partial charge is 0.370 e. The number of hydrogen-bond acceptors (Lipinski definition) is 2. The fourth-order valence-corrected chi connectivity index (χ4v) is 1.59. The van der Waals surface area contributed by atoms with Gasteiger partial charge >= 0.3 is 0 Å². The maximum Gasteiger partial charge on any atom is 0.246 e. The van der Waals surface area contributed by atoms with Crippen molar-refractivity contribution in [1.29, 1.82) is 0 Å². The second kappa shape index (κ2) is 7.20. The molecule has 0 fully saturated rings. The molecule has 0 aliphatic heterocycles. The Morgan fingerprint density at radius 1 is 1.39 bits per heavy atom. The van der Waals surface area contributed by atoms with Crippen molar-refractivity contribution in [3.63, 3.8) is 0 Å². The Hall–Kier alpha value is -1.31. The van der Waals surface area contributed by atoms with Gasteiger partial charge in [-0.1, -0.05) is 0 Å². The zero-order valence-corrected chi connectivity index (χ0v) is 12.6. The normalized spacial score (nSPS) is 11.4. The molecule has 18 heavy (non-hydrogen) atoms. The first-order valence-corrected chi connectivity index (χ1v) is 6.67. The summed E-state index contributed by atoms with van der Waals surface area (Å²) in [6.07, 6.45) is 0. The highest BCUT2D eigenvalue weighted by Crippen LogP contribution is 2.10. The van der Waals surface area contributed by atoms with E-state index in [1.165, 1.54) is 0 Å². The molecule has 1 amide bonds. The Kier molecular flexibility index (Phi) is 5.90. The van der Waals surface area contributed by atoms with Crippen LogP contribution in [0.1, 0.15) is 13.8 Å². The molecule has 1 aromatic rings. The van der Waals surface area contributed by atoms with E-state index >= 15 is 0 Å². The molecule has 0 radical (unpaired) electrons. The van der Waals surface area contributed by atoms with Crippen LogP contribution in [0.3, 0.4) is 0 Å². The molecule has 4 N–H and O–H groups in total. The molecule has 0 saturated carbocycles. The van der Waals surface area contributed by atoms with Gasteiger partial charge < -0.3 is 16.4 Å². The molecule has 0 spiro atoms. The van der Waals surface area contributed by atoms with Crippen LogP contribution in [-0.2, 0) is 4.79 Å². The Balaban J connectivity index is 2.44. The number of carbonyl (C=O) groups is 1. The number of hydrogen-bond donors (Lipinski definition) is 3. The third-order valence-electron chi connectivity index (χ3n) is 1.96. The molecular formula is C12H17IN4O. The van der Waals surface area contributed by atoms with Gasteiger partial charge in [-0.15, -0.1) is 0 Å². The van der Waals surface area contributed by atoms with E-state index in [9.17, 15) is 4.79 Å². The Bertz CT molecular complexity index is 428. The van der Waals surface area contributed by atoms with Crippen molar-refractivity contribution in [1.82, 2.24) is 5.32 Å². The lowest BCUT2D eigenvalue weighted by atomic mass is 10.3. The predicted molar refractivity (Wildman–Crippen MR) is 82.5 cm³/mol. The summed E-state index contributed by atoms with van der Waals surface area (Å²) >= 11 is 2.21. The van der Waals surface area contributed by atoms with Gasteiger partial charge in [-0.25, -0.2) is 4.99 Å². The highest BCUT2D eigenvalue weighted by Gasteiger charge is 2.02. The summed E-state index contributed by atoms with van der Waals surface area (Å²) in [4.78, 5) is 15.5. The summed E-state index contributed by atoms with van der Waals surface area (Å²) in [5, 5.41) is 5.66. The first-order chi connectivity index (χ1) is 8.47. The predicted octanol–water partition coefficient (Wildman–Crippen LogP) is 1.54. The number of carbonyl (C=O) groups excluding carboxylic acids is 1. The molecule has 5 nitrogen and oxygen atoms in total. The van der Waals surface area contributed by atoms with Crippen molar-refractivity contribution in [3.05, 3.63) is 27.8 Å². The SMILES string of the molecule is CC(C)NC(N)=NCC(=O)Nc1ccc(I)cc1. The minimum absolute atomic E-state index is 0.0114. The van der Waals surface area contributed by atoms with Crippen molar-refractivity contribution in [2.45, 2.75) is 19.9 Å². The van der Waals surface area contributed by atoms with Gasteiger partial charge in [0.1, 0.15) is 6.54 Å². The summed E-state index contributed by atoms with van der Waals surface area (Å²) in [6.45, 7) is 3.92. The first-order valence-electron chi connectivity index (χ1n) is 5.59. The summed E-state index contributed by atoms with van der Waals surface area (Å²) in [5.74, 6) is 0.0903. The maximum atomic E-state index is 11.6. The second-order valence-electron chi connectivity index (χ2n) is 4.06. The number of nitrogens with two attached hydrogens (primary N) is 1. The zero-order valence-electron chi connectivity index (χ0n) is 10.4. The fraction of sp³-hybridized carbons (Fsp3) is 0.333. The van der Waals surface area contributed by atoms with E-state index in [1.54, 1.807) is 0 Å². The number of rotatable bonds is 4. The molecule has 0 heterocycles. The zero-order chi connectivity index (χ0) is 13.5. The molecule has 0 bridgehead atoms. The van der Waals surface area contributed by atoms with E-state index < -0.39 is 0 Å². The van der Waals surface area contributed by atoms with Gasteiger partial charge in [-0.2, -0.15) is 0 Å². The second-order valence-corrected chi connectivity index (χ2v) is 5.30. The van der Waals surface area contributed by atoms with Gasteiger partial charge in [0, 0.05) is 15.3 Å². The lowest BCUT2D eigenvalue weighted by Gasteiger charge is -2.08. The smallest absolute Gasteiger partial charge is 0.246 e. The topological polar surface area (TPSA) is 79.5 Å². The van der Waals surface area contributed by atoms with Crippen LogP contribution in [0.15, 0.2) is 29.3 Å². The number of guanidine groups is 1. The Morgan fingerprint density at radius 2 is 2.00 bits per heavy atom. The van der Waals surface area contributed by atoms with Gasteiger partial charge in [0.15, 0.2) is 5.96 Å². The number of nitrogens with one attached hydrogen (secondary N) is 2. The molecule has 0 aliphatic rings. The van der Waals surface area contributed by atoms with Crippen LogP contribution in [0.4, 0.5) is 5.69 Å². The van der Waals surface area contributed by atoms with Crippen molar-refractivity contribution in [2.24, 2.45) is 10.7 Å². The summed E-state index contributed by atoms with van der Waals surface area (Å²) in [5.41, 5.74) is 6.35. The standard InChI is InChI=1S/C12H17IN4O/c1-8(2)16-12(14)15-7-11(18)17-10-5-3-9(13)4-6-10/h3-6,8H,7H2,1-2H3,(H,17,18)(H3,14,15,16). The van der Waals surface area contributed by atoms with Crippen LogP contribution in [0.2, 0.25) is 0 Å². The highest BCUT2D eigenvalue weighted by molar-refractivity contribution is 14.1. The average Bonchev–Trinajstić information content (AvgIpc) is 2.29. The minimum atomic E-state index is -0.190. The molecule has 1 rings (SSSR count). The fourth-order valence-electron chi connectivity index (χ4n) is 1.23. The number of amides is 1. The van der Waals surface area contributed by atoms with Crippen LogP contribution in [0.25, 0.3) is 0 Å². The van der Waals surface area contributed by atoms with Gasteiger partial charge in [0.2, 0.25) is 5.91 Å². The van der Waals surface area contributed by atoms with Crippen LogP contribution in [0, 0.1) is 3.57 Å². The number of benzene rings is 1. The van der Waals surface area contributed by atoms with E-state index in [4.69, 9.17) is 5.73 Å². The van der Waals surface area contributed by atoms with Gasteiger partial charge in [0.05, 0.1) is 0 Å². The van der Waals surface area contributed by atoms with Crippen molar-refractivity contribution < 1.29 is 4.79 Å². The van der Waals surface area contributed by atoms with Crippen LogP contribution in [0.5, 0.6) is 0 Å². The maximum absolute atomic E-state index is 11.6. The van der Waals surface area contributed by atoms with Crippen molar-refractivity contribution in [2.75, 3.05) is 11.9 Å². The molecule has 0 saturated heterocycles. The number of anilines is 1. The summed E-state index contributed by atoms with van der Waals surface area (Å²) in [6, 6.07) is 7.74. The summed E-state index contributed by atoms with van der Waals surface area (Å²) in [7, 11) is 0. The Labute approximate surface area is 120 Å². The summed E-state index contributed by atoms with van der Waals surface area (Å²) < 4.78 is 1.12. The third-order valence-corrected chi connectivity index (χ3v) is 2.68. The lowest BCUT2D eigenvalue weighted by Crippen LogP contribution is -2.37. The molecular weight excluding hydrogens is 343 g/mol. The van der Waals surface area contributed by atoms with E-state index in [1.807, 2.05) is 38.1 Å². The molecule has 98 valence electrons. The molecule has 1 aromatic carbocycles. The van der Waals surface area contributed by atoms with E-state index in [2.05, 4.69) is 38.2 Å². The number of nitrogens with zero attached hydrogens (tertiary/aromatic N) is 1. The van der Waals surface area contributed by atoms with Crippen LogP contribution < -0.4 is 16.4 Å². The highest BCUT2D eigenvalue weighted by atomic mass is 127. The molecule has 0 unspecified atom stereocenters. The molecule has 6 heteroatoms. The Morgan fingerprint density at radius 3 is 2.56 bits per heavy atom. The van der Waals surface area contributed by atoms with Crippen LogP contribution >= 0.6 is 22.6 Å². The van der Waals surface area contributed by atoms with Gasteiger partial charge in [-0.05, 0) is 60.7 Å². The minimum Gasteiger partial charge on any atom is -0.370 e.